The van der Waals surface area contributed by atoms with E-state index in [2.05, 4.69) is 5.32 Å². The molecule has 1 saturated carbocycles. The van der Waals surface area contributed by atoms with Gasteiger partial charge in [0.15, 0.2) is 0 Å². The molecule has 112 valence electrons. The fourth-order valence-electron chi connectivity index (χ4n) is 2.10. The number of halogens is 3. The van der Waals surface area contributed by atoms with Crippen molar-refractivity contribution in [3.63, 3.8) is 0 Å². The van der Waals surface area contributed by atoms with Crippen molar-refractivity contribution in [2.45, 2.75) is 31.7 Å². The Bertz CT molecular complexity index is 508. The number of carbonyl (C=O) groups is 1. The van der Waals surface area contributed by atoms with Gasteiger partial charge in [-0.25, -0.2) is 8.78 Å². The zero-order valence-electron chi connectivity index (χ0n) is 11.5. The van der Waals surface area contributed by atoms with E-state index in [0.29, 0.717) is 13.0 Å². The minimum atomic E-state index is -0.482. The van der Waals surface area contributed by atoms with E-state index in [4.69, 9.17) is 5.73 Å². The molecule has 6 heteroatoms. The van der Waals surface area contributed by atoms with Gasteiger partial charge in [-0.3, -0.25) is 4.79 Å². The molecule has 2 unspecified atom stereocenters. The number of nitrogens with two attached hydrogens (primary N) is 1. The average molecular weight is 305 g/mol. The first-order chi connectivity index (χ1) is 8.84. The number of benzene rings is 1. The Morgan fingerprint density at radius 1 is 1.45 bits per heavy atom. The highest BCUT2D eigenvalue weighted by molar-refractivity contribution is 5.85. The molecular formula is C14H19ClF2N2O. The highest BCUT2D eigenvalue weighted by Gasteiger charge is 2.46. The molecule has 1 aliphatic rings. The van der Waals surface area contributed by atoms with Crippen molar-refractivity contribution in [1.82, 2.24) is 5.32 Å². The Morgan fingerprint density at radius 3 is 2.70 bits per heavy atom. The Kier molecular flexibility index (Phi) is 5.10. The predicted molar refractivity (Wildman–Crippen MR) is 75.7 cm³/mol. The average Bonchev–Trinajstić information content (AvgIpc) is 3.12. The van der Waals surface area contributed by atoms with Crippen LogP contribution in [0.3, 0.4) is 0 Å². The topological polar surface area (TPSA) is 55.1 Å². The Hall–Kier alpha value is -1.20. The van der Waals surface area contributed by atoms with E-state index in [-0.39, 0.29) is 35.7 Å². The predicted octanol–water partition coefficient (Wildman–Crippen LogP) is 2.34. The number of amides is 1. The normalized spacial score (nSPS) is 21.1. The smallest absolute Gasteiger partial charge is 0.224 e. The fourth-order valence-corrected chi connectivity index (χ4v) is 2.10. The largest absolute Gasteiger partial charge is 0.350 e. The number of hydrogen-bond donors (Lipinski definition) is 2. The first kappa shape index (κ1) is 16.9. The van der Waals surface area contributed by atoms with E-state index in [1.165, 1.54) is 6.07 Å². The van der Waals surface area contributed by atoms with Crippen LogP contribution in [0.1, 0.15) is 31.7 Å². The van der Waals surface area contributed by atoms with E-state index in [9.17, 15) is 13.6 Å². The molecule has 0 heterocycles. The second-order valence-corrected chi connectivity index (χ2v) is 5.69. The quantitative estimate of drug-likeness (QED) is 0.897. The SMILES string of the molecule is CC(C)(CN)NC(=O)C1CC1c1cc(F)ccc1F.Cl. The number of carbonyl (C=O) groups excluding carboxylic acids is 1. The lowest BCUT2D eigenvalue weighted by Gasteiger charge is -2.24. The van der Waals surface area contributed by atoms with Gasteiger partial charge in [-0.05, 0) is 49.9 Å². The van der Waals surface area contributed by atoms with Crippen molar-refractivity contribution in [3.05, 3.63) is 35.4 Å². The van der Waals surface area contributed by atoms with Gasteiger partial charge in [-0.1, -0.05) is 0 Å². The lowest BCUT2D eigenvalue weighted by molar-refractivity contribution is -0.123. The van der Waals surface area contributed by atoms with Crippen molar-refractivity contribution >= 4 is 18.3 Å². The van der Waals surface area contributed by atoms with Gasteiger partial charge in [-0.15, -0.1) is 12.4 Å². The molecule has 20 heavy (non-hydrogen) atoms. The summed E-state index contributed by atoms with van der Waals surface area (Å²) in [5.41, 5.74) is 5.34. The fraction of sp³-hybridized carbons (Fsp3) is 0.500. The van der Waals surface area contributed by atoms with Crippen LogP contribution in [0.4, 0.5) is 8.78 Å². The van der Waals surface area contributed by atoms with Gasteiger partial charge in [0.1, 0.15) is 11.6 Å². The molecule has 0 saturated heterocycles. The van der Waals surface area contributed by atoms with Crippen LogP contribution in [0.15, 0.2) is 18.2 Å². The van der Waals surface area contributed by atoms with Crippen LogP contribution in [-0.2, 0) is 4.79 Å². The summed E-state index contributed by atoms with van der Waals surface area (Å²) in [5.74, 6) is -1.61. The minimum Gasteiger partial charge on any atom is -0.350 e. The molecule has 0 aromatic heterocycles. The lowest BCUT2D eigenvalue weighted by Crippen LogP contribution is -2.49. The molecule has 1 aromatic rings. The molecule has 3 N–H and O–H groups in total. The number of nitrogens with one attached hydrogen (secondary N) is 1. The molecule has 0 aliphatic heterocycles. The summed E-state index contributed by atoms with van der Waals surface area (Å²) in [6, 6.07) is 3.34. The molecule has 0 radical (unpaired) electrons. The maximum absolute atomic E-state index is 13.6. The third-order valence-electron chi connectivity index (χ3n) is 3.46. The molecule has 1 aliphatic carbocycles. The van der Waals surface area contributed by atoms with Crippen molar-refractivity contribution < 1.29 is 13.6 Å². The van der Waals surface area contributed by atoms with Gasteiger partial charge < -0.3 is 11.1 Å². The Labute approximate surface area is 123 Å². The maximum atomic E-state index is 13.6. The van der Waals surface area contributed by atoms with Crippen molar-refractivity contribution in [3.8, 4) is 0 Å². The van der Waals surface area contributed by atoms with E-state index in [1.54, 1.807) is 0 Å². The van der Waals surface area contributed by atoms with E-state index in [0.717, 1.165) is 12.1 Å². The van der Waals surface area contributed by atoms with Crippen LogP contribution in [-0.4, -0.2) is 18.0 Å². The van der Waals surface area contributed by atoms with Gasteiger partial charge in [-0.2, -0.15) is 0 Å². The summed E-state index contributed by atoms with van der Waals surface area (Å²) in [6.45, 7) is 3.97. The third-order valence-corrected chi connectivity index (χ3v) is 3.46. The van der Waals surface area contributed by atoms with Gasteiger partial charge in [0.25, 0.3) is 0 Å². The van der Waals surface area contributed by atoms with Crippen LogP contribution >= 0.6 is 12.4 Å². The third kappa shape index (κ3) is 3.67. The second kappa shape index (κ2) is 6.06. The molecule has 1 amide bonds. The van der Waals surface area contributed by atoms with Crippen molar-refractivity contribution in [1.29, 1.82) is 0 Å². The summed E-state index contributed by atoms with van der Waals surface area (Å²) in [5, 5.41) is 2.82. The van der Waals surface area contributed by atoms with Gasteiger partial charge in [0, 0.05) is 18.0 Å². The molecule has 0 spiro atoms. The van der Waals surface area contributed by atoms with Crippen LogP contribution in [0.2, 0.25) is 0 Å². The summed E-state index contributed by atoms with van der Waals surface area (Å²) in [6.07, 6.45) is 0.548. The van der Waals surface area contributed by atoms with Gasteiger partial charge >= 0.3 is 0 Å². The molecule has 0 bridgehead atoms. The van der Waals surface area contributed by atoms with E-state index >= 15 is 0 Å². The first-order valence-corrected chi connectivity index (χ1v) is 6.31. The number of rotatable bonds is 4. The molecule has 2 atom stereocenters. The molecule has 3 nitrogen and oxygen atoms in total. The lowest BCUT2D eigenvalue weighted by atomic mass is 10.0. The van der Waals surface area contributed by atoms with Gasteiger partial charge in [0.2, 0.25) is 5.91 Å². The number of hydrogen-bond acceptors (Lipinski definition) is 2. The highest BCUT2D eigenvalue weighted by Crippen LogP contribution is 2.48. The zero-order valence-corrected chi connectivity index (χ0v) is 12.3. The van der Waals surface area contributed by atoms with Crippen LogP contribution in [0.25, 0.3) is 0 Å². The van der Waals surface area contributed by atoms with Crippen molar-refractivity contribution in [2.24, 2.45) is 11.7 Å². The standard InChI is InChI=1S/C14H18F2N2O.ClH/c1-14(2,7-17)18-13(19)11-6-9(11)10-5-8(15)3-4-12(10)16;/h3-5,9,11H,6-7,17H2,1-2H3,(H,18,19);1H. The molecule has 2 rings (SSSR count). The molecule has 1 fully saturated rings. The summed E-state index contributed by atoms with van der Waals surface area (Å²) >= 11 is 0. The van der Waals surface area contributed by atoms with Gasteiger partial charge in [0.05, 0.1) is 0 Å². The van der Waals surface area contributed by atoms with Crippen LogP contribution in [0.5, 0.6) is 0 Å². The summed E-state index contributed by atoms with van der Waals surface area (Å²) in [4.78, 5) is 12.0. The van der Waals surface area contributed by atoms with Crippen LogP contribution < -0.4 is 11.1 Å². The zero-order chi connectivity index (χ0) is 14.2. The molecular weight excluding hydrogens is 286 g/mol. The first-order valence-electron chi connectivity index (χ1n) is 6.31. The summed E-state index contributed by atoms with van der Waals surface area (Å²) < 4.78 is 26.7. The summed E-state index contributed by atoms with van der Waals surface area (Å²) in [7, 11) is 0. The monoisotopic (exact) mass is 304 g/mol. The van der Waals surface area contributed by atoms with Crippen LogP contribution in [0, 0.1) is 17.6 Å². The molecule has 1 aromatic carbocycles. The Morgan fingerprint density at radius 2 is 2.10 bits per heavy atom. The second-order valence-electron chi connectivity index (χ2n) is 5.69. The Balaban J connectivity index is 0.00000200. The van der Waals surface area contributed by atoms with Crippen molar-refractivity contribution in [2.75, 3.05) is 6.54 Å². The minimum absolute atomic E-state index is 0. The highest BCUT2D eigenvalue weighted by atomic mass is 35.5. The van der Waals surface area contributed by atoms with E-state index < -0.39 is 17.2 Å². The maximum Gasteiger partial charge on any atom is 0.224 e. The van der Waals surface area contributed by atoms with E-state index in [1.807, 2.05) is 13.8 Å².